The van der Waals surface area contributed by atoms with Gasteiger partial charge in [0.15, 0.2) is 0 Å². The lowest BCUT2D eigenvalue weighted by atomic mass is 10.1. The molecule has 0 saturated heterocycles. The Bertz CT molecular complexity index is 399. The topological polar surface area (TPSA) is 42.4 Å². The molecule has 1 N–H and O–H groups in total. The van der Waals surface area contributed by atoms with Crippen LogP contribution in [0.5, 0.6) is 5.75 Å². The van der Waals surface area contributed by atoms with Crippen LogP contribution < -0.4 is 4.74 Å². The van der Waals surface area contributed by atoms with E-state index in [1.54, 1.807) is 6.20 Å². The molecule has 16 heavy (non-hydrogen) atoms. The van der Waals surface area contributed by atoms with Gasteiger partial charge in [0.25, 0.3) is 0 Å². The van der Waals surface area contributed by atoms with E-state index < -0.39 is 0 Å². The van der Waals surface area contributed by atoms with Crippen molar-refractivity contribution in [2.75, 3.05) is 0 Å². The second kappa shape index (κ2) is 4.66. The molecule has 0 amide bonds. The summed E-state index contributed by atoms with van der Waals surface area (Å²) in [7, 11) is 0. The smallest absolute Gasteiger partial charge is 0.138 e. The van der Waals surface area contributed by atoms with Crippen LogP contribution in [-0.2, 0) is 0 Å². The van der Waals surface area contributed by atoms with Crippen molar-refractivity contribution in [2.45, 2.75) is 38.9 Å². The molecular formula is C13H17NO2. The molecule has 1 atom stereocenters. The monoisotopic (exact) mass is 219 g/mol. The van der Waals surface area contributed by atoms with Gasteiger partial charge in [0.1, 0.15) is 5.75 Å². The van der Waals surface area contributed by atoms with Crippen LogP contribution in [0, 0.1) is 0 Å². The van der Waals surface area contributed by atoms with Gasteiger partial charge in [-0.3, -0.25) is 4.98 Å². The number of hydrogen-bond donors (Lipinski definition) is 1. The molecule has 2 rings (SSSR count). The van der Waals surface area contributed by atoms with Gasteiger partial charge in [0, 0.05) is 6.20 Å². The average molecular weight is 219 g/mol. The van der Waals surface area contributed by atoms with Crippen molar-refractivity contribution in [3.63, 3.8) is 0 Å². The average Bonchev–Trinajstić information content (AvgIpc) is 2.64. The van der Waals surface area contributed by atoms with Crippen molar-refractivity contribution >= 4 is 5.57 Å². The number of aliphatic hydroxyl groups is 1. The minimum atomic E-state index is -0.301. The van der Waals surface area contributed by atoms with Gasteiger partial charge >= 0.3 is 0 Å². The van der Waals surface area contributed by atoms with Gasteiger partial charge in [0.2, 0.25) is 0 Å². The Labute approximate surface area is 95.8 Å². The predicted molar refractivity (Wildman–Crippen MR) is 63.2 cm³/mol. The minimum absolute atomic E-state index is 0.153. The minimum Gasteiger partial charge on any atom is -0.489 e. The molecule has 1 aromatic rings. The number of nitrogens with zero attached hydrogens (tertiary/aromatic N) is 1. The third kappa shape index (κ3) is 2.61. The van der Waals surface area contributed by atoms with Gasteiger partial charge in [-0.05, 0) is 43.9 Å². The summed E-state index contributed by atoms with van der Waals surface area (Å²) < 4.78 is 5.59. The highest BCUT2D eigenvalue weighted by Crippen LogP contribution is 2.29. The summed E-state index contributed by atoms with van der Waals surface area (Å²) in [6.45, 7) is 3.98. The molecule has 1 aliphatic carbocycles. The van der Waals surface area contributed by atoms with E-state index in [2.05, 4.69) is 4.98 Å². The fourth-order valence-electron chi connectivity index (χ4n) is 1.87. The SMILES string of the molecule is CC(C)Oc1cncc(C2=CC(O)CC2)c1. The molecule has 1 aliphatic rings. The van der Waals surface area contributed by atoms with Gasteiger partial charge in [0.05, 0.1) is 18.4 Å². The summed E-state index contributed by atoms with van der Waals surface area (Å²) in [6.07, 6.45) is 7.01. The summed E-state index contributed by atoms with van der Waals surface area (Å²) >= 11 is 0. The van der Waals surface area contributed by atoms with Crippen LogP contribution in [-0.4, -0.2) is 22.3 Å². The number of hydrogen-bond acceptors (Lipinski definition) is 3. The highest BCUT2D eigenvalue weighted by Gasteiger charge is 2.15. The number of pyridine rings is 1. The molecule has 1 unspecified atom stereocenters. The first kappa shape index (κ1) is 11.1. The highest BCUT2D eigenvalue weighted by molar-refractivity contribution is 5.68. The van der Waals surface area contributed by atoms with Crippen molar-refractivity contribution in [3.05, 3.63) is 30.1 Å². The molecule has 0 bridgehead atoms. The van der Waals surface area contributed by atoms with Crippen molar-refractivity contribution in [3.8, 4) is 5.75 Å². The first-order chi connectivity index (χ1) is 7.65. The zero-order valence-electron chi connectivity index (χ0n) is 9.68. The fourth-order valence-corrected chi connectivity index (χ4v) is 1.87. The van der Waals surface area contributed by atoms with Gasteiger partial charge in [-0.1, -0.05) is 6.08 Å². The summed E-state index contributed by atoms with van der Waals surface area (Å²) in [5, 5.41) is 9.45. The quantitative estimate of drug-likeness (QED) is 0.848. The van der Waals surface area contributed by atoms with Crippen LogP contribution in [0.1, 0.15) is 32.3 Å². The van der Waals surface area contributed by atoms with Crippen molar-refractivity contribution < 1.29 is 9.84 Å². The maximum atomic E-state index is 9.45. The Morgan fingerprint density at radius 1 is 1.44 bits per heavy atom. The van der Waals surface area contributed by atoms with Crippen molar-refractivity contribution in [1.29, 1.82) is 0 Å². The van der Waals surface area contributed by atoms with E-state index in [0.29, 0.717) is 0 Å². The summed E-state index contributed by atoms with van der Waals surface area (Å²) in [5.74, 6) is 0.787. The second-order valence-electron chi connectivity index (χ2n) is 4.37. The fraction of sp³-hybridized carbons (Fsp3) is 0.462. The summed E-state index contributed by atoms with van der Waals surface area (Å²) in [6, 6.07) is 1.98. The number of ether oxygens (including phenoxy) is 1. The van der Waals surface area contributed by atoms with Gasteiger partial charge in [-0.2, -0.15) is 0 Å². The van der Waals surface area contributed by atoms with Crippen LogP contribution >= 0.6 is 0 Å². The number of allylic oxidation sites excluding steroid dienone is 1. The molecule has 3 heteroatoms. The number of aliphatic hydroxyl groups excluding tert-OH is 1. The van der Waals surface area contributed by atoms with Crippen molar-refractivity contribution in [2.24, 2.45) is 0 Å². The van der Waals surface area contributed by atoms with E-state index in [4.69, 9.17) is 4.74 Å². The molecule has 0 saturated carbocycles. The molecular weight excluding hydrogens is 202 g/mol. The van der Waals surface area contributed by atoms with Gasteiger partial charge in [-0.25, -0.2) is 0 Å². The maximum Gasteiger partial charge on any atom is 0.138 e. The lowest BCUT2D eigenvalue weighted by Crippen LogP contribution is -2.05. The number of rotatable bonds is 3. The van der Waals surface area contributed by atoms with Crippen LogP contribution in [0.2, 0.25) is 0 Å². The second-order valence-corrected chi connectivity index (χ2v) is 4.37. The summed E-state index contributed by atoms with van der Waals surface area (Å²) in [5.41, 5.74) is 2.21. The Morgan fingerprint density at radius 3 is 2.88 bits per heavy atom. The molecule has 0 aliphatic heterocycles. The zero-order chi connectivity index (χ0) is 11.5. The van der Waals surface area contributed by atoms with E-state index in [1.165, 1.54) is 0 Å². The Balaban J connectivity index is 2.19. The highest BCUT2D eigenvalue weighted by atomic mass is 16.5. The standard InChI is InChI=1S/C13H17NO2/c1-9(2)16-13-6-11(7-14-8-13)10-3-4-12(15)5-10/h5-9,12,15H,3-4H2,1-2H3. The third-order valence-electron chi connectivity index (χ3n) is 2.56. The van der Waals surface area contributed by atoms with Crippen LogP contribution in [0.3, 0.4) is 0 Å². The lowest BCUT2D eigenvalue weighted by molar-refractivity contribution is 0.223. The van der Waals surface area contributed by atoms with Crippen LogP contribution in [0.15, 0.2) is 24.5 Å². The van der Waals surface area contributed by atoms with Gasteiger partial charge < -0.3 is 9.84 Å². The molecule has 86 valence electrons. The van der Waals surface area contributed by atoms with Crippen molar-refractivity contribution in [1.82, 2.24) is 4.98 Å². The molecule has 3 nitrogen and oxygen atoms in total. The zero-order valence-corrected chi connectivity index (χ0v) is 9.68. The maximum absolute atomic E-state index is 9.45. The molecule has 1 heterocycles. The molecule has 0 aromatic carbocycles. The first-order valence-corrected chi connectivity index (χ1v) is 5.66. The Hall–Kier alpha value is -1.35. The predicted octanol–water partition coefficient (Wildman–Crippen LogP) is 2.41. The van der Waals surface area contributed by atoms with Crippen LogP contribution in [0.4, 0.5) is 0 Å². The van der Waals surface area contributed by atoms with E-state index in [9.17, 15) is 5.11 Å². The molecule has 0 spiro atoms. The van der Waals surface area contributed by atoms with Crippen LogP contribution in [0.25, 0.3) is 5.57 Å². The normalized spacial score (nSPS) is 20.0. The third-order valence-corrected chi connectivity index (χ3v) is 2.56. The van der Waals surface area contributed by atoms with E-state index >= 15 is 0 Å². The van der Waals surface area contributed by atoms with Gasteiger partial charge in [-0.15, -0.1) is 0 Å². The lowest BCUT2D eigenvalue weighted by Gasteiger charge is -2.10. The Morgan fingerprint density at radius 2 is 2.25 bits per heavy atom. The largest absolute Gasteiger partial charge is 0.489 e. The molecule has 1 aromatic heterocycles. The first-order valence-electron chi connectivity index (χ1n) is 5.66. The Kier molecular flexibility index (Phi) is 3.25. The summed E-state index contributed by atoms with van der Waals surface area (Å²) in [4.78, 5) is 4.16. The van der Waals surface area contributed by atoms with E-state index in [-0.39, 0.29) is 12.2 Å². The van der Waals surface area contributed by atoms with E-state index in [1.807, 2.05) is 32.2 Å². The number of aromatic nitrogens is 1. The molecule has 0 radical (unpaired) electrons. The molecule has 0 fully saturated rings. The van der Waals surface area contributed by atoms with E-state index in [0.717, 1.165) is 29.7 Å².